The van der Waals surface area contributed by atoms with Crippen LogP contribution < -0.4 is 4.74 Å². The summed E-state index contributed by atoms with van der Waals surface area (Å²) in [6.45, 7) is 0.462. The molecule has 6 nitrogen and oxygen atoms in total. The number of methoxy groups -OCH3 is 1. The van der Waals surface area contributed by atoms with Gasteiger partial charge in [-0.05, 0) is 34.4 Å². The molecule has 0 radical (unpaired) electrons. The van der Waals surface area contributed by atoms with Crippen LogP contribution in [-0.4, -0.2) is 39.5 Å². The van der Waals surface area contributed by atoms with Gasteiger partial charge in [0.15, 0.2) is 0 Å². The lowest BCUT2D eigenvalue weighted by atomic mass is 10.1. The van der Waals surface area contributed by atoms with Gasteiger partial charge in [-0.15, -0.1) is 0 Å². The van der Waals surface area contributed by atoms with Crippen LogP contribution in [0.2, 0.25) is 0 Å². The van der Waals surface area contributed by atoms with Crippen LogP contribution >= 0.6 is 11.5 Å². The van der Waals surface area contributed by atoms with Crippen molar-refractivity contribution in [3.8, 4) is 17.1 Å². The number of nitrogens with zero attached hydrogens (tertiary/aromatic N) is 3. The maximum Gasteiger partial charge on any atom is 0.271 e. The minimum Gasteiger partial charge on any atom is -0.480 e. The van der Waals surface area contributed by atoms with Gasteiger partial charge in [-0.3, -0.25) is 9.89 Å². The molecule has 0 spiro atoms. The molecule has 1 amide bonds. The molecule has 0 aliphatic rings. The molecule has 0 saturated carbocycles. The van der Waals surface area contributed by atoms with Crippen LogP contribution in [0.15, 0.2) is 54.6 Å². The first-order valence-electron chi connectivity index (χ1n) is 8.43. The van der Waals surface area contributed by atoms with Crippen molar-refractivity contribution in [2.75, 3.05) is 14.2 Å². The van der Waals surface area contributed by atoms with Crippen molar-refractivity contribution in [1.29, 1.82) is 0 Å². The molecule has 0 saturated heterocycles. The predicted octanol–water partition coefficient (Wildman–Crippen LogP) is 3.97. The lowest BCUT2D eigenvalue weighted by Gasteiger charge is -2.14. The fourth-order valence-electron chi connectivity index (χ4n) is 2.90. The molecule has 0 aliphatic heterocycles. The second-order valence-electron chi connectivity index (χ2n) is 6.23. The molecule has 2 aromatic carbocycles. The number of amides is 1. The van der Waals surface area contributed by atoms with Crippen LogP contribution in [0.3, 0.4) is 0 Å². The molecule has 2 aromatic heterocycles. The van der Waals surface area contributed by atoms with Crippen molar-refractivity contribution in [2.45, 2.75) is 6.54 Å². The number of carbonyl (C=O) groups excluding carboxylic acids is 1. The smallest absolute Gasteiger partial charge is 0.271 e. The first-order valence-corrected chi connectivity index (χ1v) is 9.21. The van der Waals surface area contributed by atoms with Crippen LogP contribution in [0.5, 0.6) is 5.88 Å². The molecule has 7 heteroatoms. The second kappa shape index (κ2) is 7.20. The zero-order valence-corrected chi connectivity index (χ0v) is 15.8. The van der Waals surface area contributed by atoms with E-state index in [9.17, 15) is 4.79 Å². The fraction of sp³-hybridized carbons (Fsp3) is 0.150. The summed E-state index contributed by atoms with van der Waals surface area (Å²) >= 11 is 1.32. The number of nitrogens with one attached hydrogen (secondary N) is 1. The Balaban J connectivity index is 1.52. The molecular formula is C20H18N4O2S. The maximum absolute atomic E-state index is 12.7. The van der Waals surface area contributed by atoms with Crippen molar-refractivity contribution < 1.29 is 9.53 Å². The molecule has 4 aromatic rings. The average molecular weight is 378 g/mol. The minimum atomic E-state index is -0.123. The summed E-state index contributed by atoms with van der Waals surface area (Å²) in [5, 5.41) is 9.49. The van der Waals surface area contributed by atoms with Gasteiger partial charge in [-0.2, -0.15) is 9.47 Å². The Kier molecular flexibility index (Phi) is 4.60. The van der Waals surface area contributed by atoms with Crippen LogP contribution in [0.4, 0.5) is 0 Å². The van der Waals surface area contributed by atoms with Crippen LogP contribution in [-0.2, 0) is 6.54 Å². The van der Waals surface area contributed by atoms with Gasteiger partial charge >= 0.3 is 0 Å². The zero-order valence-electron chi connectivity index (χ0n) is 15.0. The summed E-state index contributed by atoms with van der Waals surface area (Å²) in [5.41, 5.74) is 2.17. The molecule has 2 heterocycles. The van der Waals surface area contributed by atoms with E-state index in [0.717, 1.165) is 21.5 Å². The molecule has 0 fully saturated rings. The number of hydrogen-bond donors (Lipinski definition) is 1. The molecule has 1 N–H and O–H groups in total. The number of ether oxygens (including phenoxy) is 1. The highest BCUT2D eigenvalue weighted by atomic mass is 32.1. The number of rotatable bonds is 5. The van der Waals surface area contributed by atoms with Crippen molar-refractivity contribution in [3.63, 3.8) is 0 Å². The third kappa shape index (κ3) is 3.54. The number of H-pyrrole nitrogens is 1. The van der Waals surface area contributed by atoms with E-state index >= 15 is 0 Å². The molecule has 0 atom stereocenters. The third-order valence-electron chi connectivity index (χ3n) is 4.34. The number of aromatic amines is 1. The number of aromatic nitrogens is 3. The molecular weight excluding hydrogens is 360 g/mol. The Hall–Kier alpha value is -3.19. The average Bonchev–Trinajstić information content (AvgIpc) is 3.36. The van der Waals surface area contributed by atoms with Crippen molar-refractivity contribution in [3.05, 3.63) is 65.2 Å². The highest BCUT2D eigenvalue weighted by molar-refractivity contribution is 7.05. The van der Waals surface area contributed by atoms with Crippen LogP contribution in [0.1, 0.15) is 15.4 Å². The Morgan fingerprint density at radius 1 is 1.15 bits per heavy atom. The van der Waals surface area contributed by atoms with Gasteiger partial charge in [0.2, 0.25) is 5.88 Å². The number of carbonyl (C=O) groups is 1. The molecule has 0 bridgehead atoms. The number of fused-ring (bicyclic) bond motifs is 1. The highest BCUT2D eigenvalue weighted by Crippen LogP contribution is 2.24. The fourth-order valence-corrected chi connectivity index (χ4v) is 3.64. The van der Waals surface area contributed by atoms with Crippen LogP contribution in [0.25, 0.3) is 22.0 Å². The van der Waals surface area contributed by atoms with Crippen molar-refractivity contribution in [1.82, 2.24) is 19.5 Å². The van der Waals surface area contributed by atoms with E-state index in [0.29, 0.717) is 18.1 Å². The van der Waals surface area contributed by atoms with Crippen molar-refractivity contribution >= 4 is 28.2 Å². The van der Waals surface area contributed by atoms with Gasteiger partial charge in [0.1, 0.15) is 5.69 Å². The van der Waals surface area contributed by atoms with Crippen LogP contribution in [0, 0.1) is 0 Å². The summed E-state index contributed by atoms with van der Waals surface area (Å²) in [7, 11) is 3.33. The largest absolute Gasteiger partial charge is 0.480 e. The summed E-state index contributed by atoms with van der Waals surface area (Å²) in [4.78, 5) is 15.3. The van der Waals surface area contributed by atoms with Gasteiger partial charge in [-0.1, -0.05) is 36.4 Å². The predicted molar refractivity (Wildman–Crippen MR) is 106 cm³/mol. The van der Waals surface area contributed by atoms with E-state index < -0.39 is 0 Å². The van der Waals surface area contributed by atoms with E-state index in [-0.39, 0.29) is 5.91 Å². The molecule has 136 valence electrons. The lowest BCUT2D eigenvalue weighted by Crippen LogP contribution is -2.26. The number of hydrogen-bond acceptors (Lipinski definition) is 5. The minimum absolute atomic E-state index is 0.123. The van der Waals surface area contributed by atoms with Gasteiger partial charge in [0.25, 0.3) is 5.91 Å². The second-order valence-corrected chi connectivity index (χ2v) is 7.12. The van der Waals surface area contributed by atoms with Gasteiger partial charge in [0, 0.05) is 23.6 Å². The summed E-state index contributed by atoms with van der Waals surface area (Å²) in [6.07, 6.45) is 0. The molecule has 0 unspecified atom stereocenters. The van der Waals surface area contributed by atoms with E-state index in [1.807, 2.05) is 24.3 Å². The first kappa shape index (κ1) is 17.2. The zero-order chi connectivity index (χ0) is 18.8. The van der Waals surface area contributed by atoms with Gasteiger partial charge in [0.05, 0.1) is 19.3 Å². The number of benzene rings is 2. The highest BCUT2D eigenvalue weighted by Gasteiger charge is 2.17. The van der Waals surface area contributed by atoms with E-state index in [1.165, 1.54) is 16.9 Å². The molecule has 0 aliphatic carbocycles. The third-order valence-corrected chi connectivity index (χ3v) is 5.09. The van der Waals surface area contributed by atoms with Gasteiger partial charge in [-0.25, -0.2) is 0 Å². The normalized spacial score (nSPS) is 10.9. The quantitative estimate of drug-likeness (QED) is 0.570. The van der Waals surface area contributed by atoms with Gasteiger partial charge < -0.3 is 9.64 Å². The Labute approximate surface area is 160 Å². The Morgan fingerprint density at radius 2 is 1.96 bits per heavy atom. The SMILES string of the molecule is COc1cc(CN(C)C(=O)c2cc(-c3ccc4ccccc4c3)n[nH]2)sn1. The van der Waals surface area contributed by atoms with E-state index in [2.05, 4.69) is 38.8 Å². The molecule has 4 rings (SSSR count). The topological polar surface area (TPSA) is 71.1 Å². The van der Waals surface area contributed by atoms with E-state index in [1.54, 1.807) is 25.1 Å². The first-order chi connectivity index (χ1) is 13.1. The molecule has 27 heavy (non-hydrogen) atoms. The Morgan fingerprint density at radius 3 is 2.74 bits per heavy atom. The monoisotopic (exact) mass is 378 g/mol. The summed E-state index contributed by atoms with van der Waals surface area (Å²) in [6, 6.07) is 17.9. The summed E-state index contributed by atoms with van der Waals surface area (Å²) in [5.74, 6) is 0.442. The summed E-state index contributed by atoms with van der Waals surface area (Å²) < 4.78 is 9.23. The van der Waals surface area contributed by atoms with E-state index in [4.69, 9.17) is 4.74 Å². The maximum atomic E-state index is 12.7. The van der Waals surface area contributed by atoms with Crippen molar-refractivity contribution in [2.24, 2.45) is 0 Å². The lowest BCUT2D eigenvalue weighted by molar-refractivity contribution is 0.0780. The standard InChI is InChI=1S/C20H18N4O2S/c1-24(12-16-10-19(26-2)23-27-16)20(25)18-11-17(21-22-18)15-8-7-13-5-3-4-6-14(13)9-15/h3-11H,12H2,1-2H3,(H,21,22). The Bertz CT molecular complexity index is 1100.